The zero-order chi connectivity index (χ0) is 19.6. The highest BCUT2D eigenvalue weighted by Crippen LogP contribution is 2.25. The molecule has 2 aromatic carbocycles. The van der Waals surface area contributed by atoms with E-state index in [1.165, 1.54) is 5.56 Å². The fraction of sp³-hybridized carbons (Fsp3) is 0.333. The third-order valence-corrected chi connectivity index (χ3v) is 5.58. The maximum Gasteiger partial charge on any atom is 0.228 e. The van der Waals surface area contributed by atoms with Crippen molar-refractivity contribution < 1.29 is 9.59 Å². The molecule has 0 bridgehead atoms. The molecule has 27 heavy (non-hydrogen) atoms. The number of hydrogen-bond donors (Lipinski definition) is 0. The maximum atomic E-state index is 12.8. The van der Waals surface area contributed by atoms with Gasteiger partial charge in [0.1, 0.15) is 0 Å². The van der Waals surface area contributed by atoms with E-state index >= 15 is 0 Å². The van der Waals surface area contributed by atoms with Gasteiger partial charge in [-0.15, -0.1) is 0 Å². The highest BCUT2D eigenvalue weighted by atomic mass is 35.5. The van der Waals surface area contributed by atoms with Crippen LogP contribution >= 0.6 is 23.2 Å². The third-order valence-electron chi connectivity index (χ3n) is 4.84. The molecule has 2 amide bonds. The number of nitrogens with zero attached hydrogens (tertiary/aromatic N) is 2. The molecule has 0 N–H and O–H groups in total. The third kappa shape index (κ3) is 4.82. The molecule has 6 heteroatoms. The lowest BCUT2D eigenvalue weighted by atomic mass is 10.1. The van der Waals surface area contributed by atoms with Crippen molar-refractivity contribution in [2.45, 2.75) is 26.4 Å². The first-order chi connectivity index (χ1) is 12.8. The monoisotopic (exact) mass is 404 g/mol. The Morgan fingerprint density at radius 3 is 2.44 bits per heavy atom. The van der Waals surface area contributed by atoms with Crippen LogP contribution in [0.4, 0.5) is 0 Å². The lowest BCUT2D eigenvalue weighted by Crippen LogP contribution is -2.34. The van der Waals surface area contributed by atoms with Crippen molar-refractivity contribution in [1.29, 1.82) is 0 Å². The Labute approximate surface area is 169 Å². The summed E-state index contributed by atoms with van der Waals surface area (Å²) in [4.78, 5) is 28.5. The van der Waals surface area contributed by atoms with E-state index in [1.807, 2.05) is 37.3 Å². The van der Waals surface area contributed by atoms with Gasteiger partial charge < -0.3 is 9.80 Å². The Morgan fingerprint density at radius 2 is 1.78 bits per heavy atom. The molecular weight excluding hydrogens is 383 g/mol. The van der Waals surface area contributed by atoms with E-state index in [2.05, 4.69) is 0 Å². The number of rotatable bonds is 5. The molecule has 2 aromatic rings. The first-order valence-electron chi connectivity index (χ1n) is 8.85. The van der Waals surface area contributed by atoms with E-state index in [-0.39, 0.29) is 24.2 Å². The first-order valence-corrected chi connectivity index (χ1v) is 9.61. The average molecular weight is 405 g/mol. The van der Waals surface area contributed by atoms with Gasteiger partial charge in [0.05, 0.1) is 16.0 Å². The number of benzene rings is 2. The molecular formula is C21H22Cl2N2O2. The molecule has 1 aliphatic rings. The zero-order valence-electron chi connectivity index (χ0n) is 15.4. The van der Waals surface area contributed by atoms with Crippen molar-refractivity contribution >= 4 is 35.0 Å². The zero-order valence-corrected chi connectivity index (χ0v) is 16.9. The average Bonchev–Trinajstić information content (AvgIpc) is 3.00. The molecule has 1 atom stereocenters. The maximum absolute atomic E-state index is 12.8. The standard InChI is InChI=1S/C21H22Cl2N2O2/c1-14-3-5-15(6-4-14)12-25-13-17(10-20(25)26)21(27)24(2)11-16-7-8-18(22)19(23)9-16/h3-9,17H,10-13H2,1-2H3/t17-/m1/s1. The van der Waals surface area contributed by atoms with Gasteiger partial charge >= 0.3 is 0 Å². The van der Waals surface area contributed by atoms with Crippen LogP contribution in [0.5, 0.6) is 0 Å². The summed E-state index contributed by atoms with van der Waals surface area (Å²) in [6.45, 7) is 3.46. The van der Waals surface area contributed by atoms with Crippen LogP contribution in [0.15, 0.2) is 42.5 Å². The van der Waals surface area contributed by atoms with Gasteiger partial charge in [0.25, 0.3) is 0 Å². The van der Waals surface area contributed by atoms with E-state index in [0.29, 0.717) is 29.7 Å². The number of carbonyl (C=O) groups is 2. The summed E-state index contributed by atoms with van der Waals surface area (Å²) in [5, 5.41) is 0.956. The smallest absolute Gasteiger partial charge is 0.228 e. The van der Waals surface area contributed by atoms with Crippen molar-refractivity contribution in [3.8, 4) is 0 Å². The van der Waals surface area contributed by atoms with Gasteiger partial charge in [-0.2, -0.15) is 0 Å². The van der Waals surface area contributed by atoms with Gasteiger partial charge in [0.15, 0.2) is 0 Å². The van der Waals surface area contributed by atoms with E-state index in [9.17, 15) is 9.59 Å². The number of aryl methyl sites for hydroxylation is 1. The largest absolute Gasteiger partial charge is 0.341 e. The van der Waals surface area contributed by atoms with E-state index in [0.717, 1.165) is 11.1 Å². The van der Waals surface area contributed by atoms with Crippen LogP contribution in [-0.2, 0) is 22.7 Å². The predicted octanol–water partition coefficient (Wildman–Crippen LogP) is 4.31. The van der Waals surface area contributed by atoms with Gasteiger partial charge in [-0.3, -0.25) is 9.59 Å². The Bertz CT molecular complexity index is 852. The van der Waals surface area contributed by atoms with Crippen LogP contribution in [0.1, 0.15) is 23.1 Å². The minimum atomic E-state index is -0.310. The molecule has 1 saturated heterocycles. The molecule has 0 radical (unpaired) electrons. The Kier molecular flexibility index (Phi) is 6.08. The molecule has 4 nitrogen and oxygen atoms in total. The van der Waals surface area contributed by atoms with E-state index in [1.54, 1.807) is 29.0 Å². The predicted molar refractivity (Wildman–Crippen MR) is 108 cm³/mol. The van der Waals surface area contributed by atoms with Crippen molar-refractivity contribution in [2.24, 2.45) is 5.92 Å². The lowest BCUT2D eigenvalue weighted by Gasteiger charge is -2.22. The van der Waals surface area contributed by atoms with E-state index < -0.39 is 0 Å². The molecule has 1 aliphatic heterocycles. The fourth-order valence-corrected chi connectivity index (χ4v) is 3.63. The van der Waals surface area contributed by atoms with Crippen molar-refractivity contribution in [2.75, 3.05) is 13.6 Å². The fourth-order valence-electron chi connectivity index (χ4n) is 3.31. The second kappa shape index (κ2) is 8.32. The van der Waals surface area contributed by atoms with Crippen LogP contribution in [0.25, 0.3) is 0 Å². The molecule has 1 heterocycles. The highest BCUT2D eigenvalue weighted by molar-refractivity contribution is 6.42. The van der Waals surface area contributed by atoms with Gasteiger partial charge in [-0.25, -0.2) is 0 Å². The number of carbonyl (C=O) groups excluding carboxylic acids is 2. The summed E-state index contributed by atoms with van der Waals surface area (Å²) in [6, 6.07) is 13.4. The normalized spacial score (nSPS) is 16.7. The Hall–Kier alpha value is -2.04. The molecule has 0 aromatic heterocycles. The molecule has 142 valence electrons. The van der Waals surface area contributed by atoms with Crippen LogP contribution in [0.3, 0.4) is 0 Å². The van der Waals surface area contributed by atoms with Gasteiger partial charge in [0.2, 0.25) is 11.8 Å². The van der Waals surface area contributed by atoms with Crippen molar-refractivity contribution in [3.05, 3.63) is 69.2 Å². The minimum absolute atomic E-state index is 0.0249. The number of halogens is 2. The number of hydrogen-bond acceptors (Lipinski definition) is 2. The molecule has 0 aliphatic carbocycles. The van der Waals surface area contributed by atoms with Gasteiger partial charge in [-0.05, 0) is 30.2 Å². The van der Waals surface area contributed by atoms with Crippen molar-refractivity contribution in [1.82, 2.24) is 9.80 Å². The SMILES string of the molecule is Cc1ccc(CN2C[C@H](C(=O)N(C)Cc3ccc(Cl)c(Cl)c3)CC2=O)cc1. The molecule has 1 fully saturated rings. The first kappa shape index (κ1) is 19.7. The lowest BCUT2D eigenvalue weighted by molar-refractivity contribution is -0.135. The molecule has 0 unspecified atom stereocenters. The summed E-state index contributed by atoms with van der Waals surface area (Å²) in [6.07, 6.45) is 0.260. The van der Waals surface area contributed by atoms with Gasteiger partial charge in [0, 0.05) is 33.1 Å². The summed E-state index contributed by atoms with van der Waals surface area (Å²) >= 11 is 12.0. The summed E-state index contributed by atoms with van der Waals surface area (Å²) in [5.74, 6) is -0.312. The van der Waals surface area contributed by atoms with Gasteiger partial charge in [-0.1, -0.05) is 59.1 Å². The minimum Gasteiger partial charge on any atom is -0.341 e. The number of amides is 2. The molecule has 0 spiro atoms. The molecule has 0 saturated carbocycles. The Morgan fingerprint density at radius 1 is 1.11 bits per heavy atom. The van der Waals surface area contributed by atoms with Crippen molar-refractivity contribution in [3.63, 3.8) is 0 Å². The number of likely N-dealkylation sites (tertiary alicyclic amines) is 1. The summed E-state index contributed by atoms with van der Waals surface area (Å²) in [7, 11) is 1.75. The van der Waals surface area contributed by atoms with Crippen LogP contribution in [-0.4, -0.2) is 35.2 Å². The second-order valence-corrected chi connectivity index (χ2v) is 7.92. The second-order valence-electron chi connectivity index (χ2n) is 7.10. The van der Waals surface area contributed by atoms with Crippen LogP contribution in [0.2, 0.25) is 10.0 Å². The van der Waals surface area contributed by atoms with E-state index in [4.69, 9.17) is 23.2 Å². The topological polar surface area (TPSA) is 40.6 Å². The Balaban J connectivity index is 1.60. The molecule has 3 rings (SSSR count). The van der Waals surface area contributed by atoms with Crippen LogP contribution < -0.4 is 0 Å². The van der Waals surface area contributed by atoms with Crippen LogP contribution in [0, 0.1) is 12.8 Å². The highest BCUT2D eigenvalue weighted by Gasteiger charge is 2.35. The quantitative estimate of drug-likeness (QED) is 0.744. The summed E-state index contributed by atoms with van der Waals surface area (Å²) in [5.41, 5.74) is 3.16. The summed E-state index contributed by atoms with van der Waals surface area (Å²) < 4.78 is 0.